The number of nitrogens with zero attached hydrogens (tertiary/aromatic N) is 3. The van der Waals surface area contributed by atoms with E-state index in [4.69, 9.17) is 0 Å². The molecule has 3 rings (SSSR count). The van der Waals surface area contributed by atoms with Gasteiger partial charge in [-0.2, -0.15) is 0 Å². The van der Waals surface area contributed by atoms with Gasteiger partial charge in [-0.15, -0.1) is 10.2 Å². The normalized spacial score (nSPS) is 10.9. The first-order chi connectivity index (χ1) is 14.0. The molecule has 0 saturated heterocycles. The summed E-state index contributed by atoms with van der Waals surface area (Å²) in [6.45, 7) is 6.94. The molecule has 0 bridgehead atoms. The predicted octanol–water partition coefficient (Wildman–Crippen LogP) is 5.25. The molecule has 1 N–H and O–H groups in total. The molecule has 1 heterocycles. The van der Waals surface area contributed by atoms with E-state index in [1.54, 1.807) is 0 Å². The van der Waals surface area contributed by atoms with E-state index < -0.39 is 0 Å². The van der Waals surface area contributed by atoms with Crippen molar-refractivity contribution in [2.45, 2.75) is 45.3 Å². The monoisotopic (exact) mass is 472 g/mol. The van der Waals surface area contributed by atoms with E-state index in [1.807, 2.05) is 31.2 Å². The van der Waals surface area contributed by atoms with Gasteiger partial charge in [-0.3, -0.25) is 4.79 Å². The Morgan fingerprint density at radius 2 is 1.93 bits per heavy atom. The number of halogens is 1. The van der Waals surface area contributed by atoms with Crippen molar-refractivity contribution >= 4 is 39.3 Å². The van der Waals surface area contributed by atoms with Crippen molar-refractivity contribution in [3.63, 3.8) is 0 Å². The molecule has 0 unspecified atom stereocenters. The van der Waals surface area contributed by atoms with E-state index in [0.29, 0.717) is 5.75 Å². The van der Waals surface area contributed by atoms with E-state index >= 15 is 0 Å². The van der Waals surface area contributed by atoms with E-state index in [9.17, 15) is 4.79 Å². The third-order valence-electron chi connectivity index (χ3n) is 4.67. The smallest absolute Gasteiger partial charge is 0.234 e. The zero-order valence-electron chi connectivity index (χ0n) is 16.9. The molecule has 3 aromatic rings. The minimum atomic E-state index is -0.0367. The Labute approximate surface area is 184 Å². The predicted molar refractivity (Wildman–Crippen MR) is 123 cm³/mol. The van der Waals surface area contributed by atoms with Gasteiger partial charge < -0.3 is 9.88 Å². The fourth-order valence-corrected chi connectivity index (χ4v) is 4.67. The average molecular weight is 473 g/mol. The maximum atomic E-state index is 12.6. The molecule has 29 heavy (non-hydrogen) atoms. The zero-order chi connectivity index (χ0) is 20.8. The highest BCUT2D eigenvalue weighted by molar-refractivity contribution is 9.10. The maximum Gasteiger partial charge on any atom is 0.234 e. The molecule has 0 aliphatic heterocycles. The molecule has 5 nitrogen and oxygen atoms in total. The number of thioether (sulfide) groups is 1. The van der Waals surface area contributed by atoms with Gasteiger partial charge in [-0.05, 0) is 49.1 Å². The lowest BCUT2D eigenvalue weighted by molar-refractivity contribution is -0.113. The largest absolute Gasteiger partial charge is 0.325 e. The average Bonchev–Trinajstić information content (AvgIpc) is 3.10. The summed E-state index contributed by atoms with van der Waals surface area (Å²) in [5.41, 5.74) is 4.28. The molecule has 1 aromatic heterocycles. The van der Waals surface area contributed by atoms with Crippen molar-refractivity contribution in [2.75, 3.05) is 11.1 Å². The van der Waals surface area contributed by atoms with Gasteiger partial charge in [-0.25, -0.2) is 0 Å². The second-order valence-corrected chi connectivity index (χ2v) is 8.61. The second-order valence-electron chi connectivity index (χ2n) is 6.75. The van der Waals surface area contributed by atoms with Gasteiger partial charge in [0.15, 0.2) is 5.16 Å². The van der Waals surface area contributed by atoms with Crippen LogP contribution in [-0.4, -0.2) is 26.4 Å². The van der Waals surface area contributed by atoms with Crippen molar-refractivity contribution in [3.8, 4) is 0 Å². The van der Waals surface area contributed by atoms with Crippen molar-refractivity contribution < 1.29 is 4.79 Å². The number of hydrogen-bond acceptors (Lipinski definition) is 4. The molecular weight excluding hydrogens is 448 g/mol. The van der Waals surface area contributed by atoms with Crippen LogP contribution in [0.1, 0.15) is 36.4 Å². The molecule has 2 aromatic carbocycles. The summed E-state index contributed by atoms with van der Waals surface area (Å²) in [4.78, 5) is 12.6. The summed E-state index contributed by atoms with van der Waals surface area (Å²) in [5, 5.41) is 12.5. The van der Waals surface area contributed by atoms with Crippen molar-refractivity contribution in [3.05, 3.63) is 69.5 Å². The highest BCUT2D eigenvalue weighted by Crippen LogP contribution is 2.27. The topological polar surface area (TPSA) is 59.8 Å². The Morgan fingerprint density at radius 1 is 1.17 bits per heavy atom. The number of amides is 1. The van der Waals surface area contributed by atoms with Gasteiger partial charge in [0.2, 0.25) is 5.91 Å². The third-order valence-corrected chi connectivity index (χ3v) is 6.10. The molecular formula is C22H25BrN4OS. The first-order valence-corrected chi connectivity index (χ1v) is 11.5. The molecule has 0 saturated carbocycles. The van der Waals surface area contributed by atoms with Gasteiger partial charge >= 0.3 is 0 Å². The van der Waals surface area contributed by atoms with Crippen LogP contribution < -0.4 is 5.32 Å². The standard InChI is InChI=1S/C22H25BrN4OS/c1-4-17-13-18(23)11-15(3)21(17)24-20(28)14-29-22-26-25-19(27(22)5-2)12-16-9-7-6-8-10-16/h6-11,13H,4-5,12,14H2,1-3H3,(H,24,28). The maximum absolute atomic E-state index is 12.6. The second kappa shape index (κ2) is 10.1. The van der Waals surface area contributed by atoms with Gasteiger partial charge in [-0.1, -0.05) is 64.9 Å². The number of benzene rings is 2. The van der Waals surface area contributed by atoms with Crippen LogP contribution in [0.5, 0.6) is 0 Å². The van der Waals surface area contributed by atoms with Gasteiger partial charge in [0.1, 0.15) is 5.82 Å². The van der Waals surface area contributed by atoms with E-state index in [2.05, 4.69) is 68.1 Å². The Kier molecular flexibility index (Phi) is 7.50. The van der Waals surface area contributed by atoms with Gasteiger partial charge in [0, 0.05) is 23.1 Å². The lowest BCUT2D eigenvalue weighted by atomic mass is 10.1. The van der Waals surface area contributed by atoms with Crippen molar-refractivity contribution in [1.29, 1.82) is 0 Å². The number of aromatic nitrogens is 3. The molecule has 0 radical (unpaired) electrons. The molecule has 7 heteroatoms. The van der Waals surface area contributed by atoms with Crippen LogP contribution in [0.4, 0.5) is 5.69 Å². The van der Waals surface area contributed by atoms with Crippen LogP contribution in [0, 0.1) is 6.92 Å². The van der Waals surface area contributed by atoms with Crippen LogP contribution >= 0.6 is 27.7 Å². The molecule has 1 amide bonds. The minimum Gasteiger partial charge on any atom is -0.325 e. The zero-order valence-corrected chi connectivity index (χ0v) is 19.3. The van der Waals surface area contributed by atoms with Crippen LogP contribution in [0.25, 0.3) is 0 Å². The Bertz CT molecular complexity index is 988. The summed E-state index contributed by atoms with van der Waals surface area (Å²) in [6.07, 6.45) is 1.59. The summed E-state index contributed by atoms with van der Waals surface area (Å²) in [5.74, 6) is 1.17. The van der Waals surface area contributed by atoms with Crippen LogP contribution in [0.15, 0.2) is 52.1 Å². The Balaban J connectivity index is 1.67. The van der Waals surface area contributed by atoms with E-state index in [1.165, 1.54) is 17.3 Å². The number of hydrogen-bond donors (Lipinski definition) is 1. The van der Waals surface area contributed by atoms with Crippen LogP contribution in [0.2, 0.25) is 0 Å². The lowest BCUT2D eigenvalue weighted by Gasteiger charge is -2.14. The SMILES string of the molecule is CCc1cc(Br)cc(C)c1NC(=O)CSc1nnc(Cc2ccccc2)n1CC. The first-order valence-electron chi connectivity index (χ1n) is 9.69. The first kappa shape index (κ1) is 21.6. The van der Waals surface area contributed by atoms with E-state index in [0.717, 1.165) is 51.7 Å². The molecule has 0 aliphatic carbocycles. The molecule has 0 fully saturated rings. The van der Waals surface area contributed by atoms with Crippen LogP contribution in [0.3, 0.4) is 0 Å². The summed E-state index contributed by atoms with van der Waals surface area (Å²) < 4.78 is 3.11. The van der Waals surface area contributed by atoms with Gasteiger partial charge in [0.05, 0.1) is 5.75 Å². The minimum absolute atomic E-state index is 0.0367. The highest BCUT2D eigenvalue weighted by Gasteiger charge is 2.15. The van der Waals surface area contributed by atoms with E-state index in [-0.39, 0.29) is 5.91 Å². The fourth-order valence-electron chi connectivity index (χ4n) is 3.23. The van der Waals surface area contributed by atoms with Crippen molar-refractivity contribution in [1.82, 2.24) is 14.8 Å². The highest BCUT2D eigenvalue weighted by atomic mass is 79.9. The lowest BCUT2D eigenvalue weighted by Crippen LogP contribution is -2.17. The summed E-state index contributed by atoms with van der Waals surface area (Å²) in [7, 11) is 0. The van der Waals surface area contributed by atoms with Crippen LogP contribution in [-0.2, 0) is 24.2 Å². The Hall–Kier alpha value is -2.12. The Morgan fingerprint density at radius 3 is 2.62 bits per heavy atom. The quantitative estimate of drug-likeness (QED) is 0.454. The molecule has 152 valence electrons. The number of carbonyl (C=O) groups is 1. The summed E-state index contributed by atoms with van der Waals surface area (Å²) in [6, 6.07) is 14.3. The fraction of sp³-hybridized carbons (Fsp3) is 0.318. The molecule has 0 atom stereocenters. The van der Waals surface area contributed by atoms with Gasteiger partial charge in [0.25, 0.3) is 0 Å². The third kappa shape index (κ3) is 5.48. The number of carbonyl (C=O) groups excluding carboxylic acids is 1. The number of rotatable bonds is 8. The molecule has 0 spiro atoms. The van der Waals surface area contributed by atoms with Crippen molar-refractivity contribution in [2.24, 2.45) is 0 Å². The number of aryl methyl sites for hydroxylation is 2. The molecule has 0 aliphatic rings. The number of anilines is 1. The number of nitrogens with one attached hydrogen (secondary N) is 1. The summed E-state index contributed by atoms with van der Waals surface area (Å²) >= 11 is 4.94.